The average molecular weight is 563 g/mol. The Labute approximate surface area is 254 Å². The Bertz CT molecular complexity index is 2440. The van der Waals surface area contributed by atoms with E-state index in [0.29, 0.717) is 0 Å². The van der Waals surface area contributed by atoms with Crippen molar-refractivity contribution in [1.82, 2.24) is 0 Å². The standard InChI is InChI=1S/C42H26S/c1-2-12-27(13-3-1)40-33-18-6-8-20-35(33)41(36-21-9-7-19-34(36)40)31-17-10-16-30(24-31)32-22-11-23-37-38-25-28-14-4-5-15-29(28)26-39(38)43-42(32)37/h1-26H. The highest BCUT2D eigenvalue weighted by Gasteiger charge is 2.17. The largest absolute Gasteiger partial charge is 0.135 e. The van der Waals surface area contributed by atoms with Gasteiger partial charge in [0, 0.05) is 20.2 Å². The second kappa shape index (κ2) is 9.66. The number of benzene rings is 8. The molecule has 9 aromatic rings. The van der Waals surface area contributed by atoms with Gasteiger partial charge in [0.2, 0.25) is 0 Å². The van der Waals surface area contributed by atoms with E-state index in [0.717, 1.165) is 0 Å². The van der Waals surface area contributed by atoms with Gasteiger partial charge in [0.05, 0.1) is 0 Å². The lowest BCUT2D eigenvalue weighted by atomic mass is 9.85. The van der Waals surface area contributed by atoms with Crippen molar-refractivity contribution in [3.05, 3.63) is 158 Å². The van der Waals surface area contributed by atoms with Crippen LogP contribution in [0.25, 0.3) is 85.9 Å². The fourth-order valence-electron chi connectivity index (χ4n) is 6.91. The maximum absolute atomic E-state index is 2.39. The van der Waals surface area contributed by atoms with Gasteiger partial charge in [-0.1, -0.05) is 140 Å². The van der Waals surface area contributed by atoms with Crippen molar-refractivity contribution in [1.29, 1.82) is 0 Å². The number of hydrogen-bond donors (Lipinski definition) is 0. The summed E-state index contributed by atoms with van der Waals surface area (Å²) in [6.45, 7) is 0. The van der Waals surface area contributed by atoms with E-state index in [4.69, 9.17) is 0 Å². The van der Waals surface area contributed by atoms with Gasteiger partial charge < -0.3 is 0 Å². The summed E-state index contributed by atoms with van der Waals surface area (Å²) in [5.74, 6) is 0. The Morgan fingerprint density at radius 3 is 1.53 bits per heavy atom. The Balaban J connectivity index is 1.30. The first kappa shape index (κ1) is 24.4. The Morgan fingerprint density at radius 2 is 0.837 bits per heavy atom. The van der Waals surface area contributed by atoms with E-state index in [1.807, 2.05) is 11.3 Å². The molecule has 0 aliphatic heterocycles. The molecule has 0 atom stereocenters. The third-order valence-electron chi connectivity index (χ3n) is 8.82. The zero-order valence-corrected chi connectivity index (χ0v) is 24.2. The molecular weight excluding hydrogens is 537 g/mol. The SMILES string of the molecule is c1ccc(-c2c3ccccc3c(-c3cccc(-c4cccc5c4sc4cc6ccccc6cc45)c3)c3ccccc23)cc1. The summed E-state index contributed by atoms with van der Waals surface area (Å²) in [5, 5.41) is 10.4. The van der Waals surface area contributed by atoms with Crippen LogP contribution in [0.4, 0.5) is 0 Å². The van der Waals surface area contributed by atoms with Crippen LogP contribution in [-0.2, 0) is 0 Å². The fraction of sp³-hybridized carbons (Fsp3) is 0. The molecule has 0 radical (unpaired) electrons. The molecule has 0 bridgehead atoms. The van der Waals surface area contributed by atoms with Crippen LogP contribution in [-0.4, -0.2) is 0 Å². The minimum atomic E-state index is 1.24. The highest BCUT2D eigenvalue weighted by molar-refractivity contribution is 7.26. The normalized spacial score (nSPS) is 11.7. The van der Waals surface area contributed by atoms with E-state index in [1.165, 1.54) is 85.9 Å². The molecule has 0 nitrogen and oxygen atoms in total. The van der Waals surface area contributed by atoms with Crippen LogP contribution in [0.2, 0.25) is 0 Å². The lowest BCUT2D eigenvalue weighted by molar-refractivity contribution is 1.64. The van der Waals surface area contributed by atoms with E-state index < -0.39 is 0 Å². The molecule has 1 aromatic heterocycles. The second-order valence-electron chi connectivity index (χ2n) is 11.3. The molecule has 0 amide bonds. The quantitative estimate of drug-likeness (QED) is 0.188. The van der Waals surface area contributed by atoms with Gasteiger partial charge in [-0.15, -0.1) is 11.3 Å². The summed E-state index contributed by atoms with van der Waals surface area (Å²) >= 11 is 1.90. The predicted molar refractivity (Wildman–Crippen MR) is 188 cm³/mol. The molecule has 8 aromatic carbocycles. The van der Waals surface area contributed by atoms with Crippen molar-refractivity contribution in [3.63, 3.8) is 0 Å². The lowest BCUT2D eigenvalue weighted by Crippen LogP contribution is -1.91. The average Bonchev–Trinajstić information content (AvgIpc) is 3.44. The van der Waals surface area contributed by atoms with Crippen molar-refractivity contribution in [2.45, 2.75) is 0 Å². The number of rotatable bonds is 3. The Morgan fingerprint density at radius 1 is 0.326 bits per heavy atom. The van der Waals surface area contributed by atoms with Crippen LogP contribution < -0.4 is 0 Å². The summed E-state index contributed by atoms with van der Waals surface area (Å²) < 4.78 is 2.69. The molecule has 0 aliphatic rings. The van der Waals surface area contributed by atoms with Gasteiger partial charge in [0.25, 0.3) is 0 Å². The Kier molecular flexibility index (Phi) is 5.47. The van der Waals surface area contributed by atoms with Gasteiger partial charge in [-0.25, -0.2) is 0 Å². The first-order valence-electron chi connectivity index (χ1n) is 14.8. The molecule has 43 heavy (non-hydrogen) atoms. The number of hydrogen-bond acceptors (Lipinski definition) is 1. The molecular formula is C42H26S. The van der Waals surface area contributed by atoms with Crippen LogP contribution >= 0.6 is 11.3 Å². The van der Waals surface area contributed by atoms with Gasteiger partial charge in [-0.3, -0.25) is 0 Å². The molecule has 0 saturated heterocycles. The molecule has 0 N–H and O–H groups in total. The third-order valence-corrected chi connectivity index (χ3v) is 10.0. The summed E-state index contributed by atoms with van der Waals surface area (Å²) in [5.41, 5.74) is 7.63. The maximum Gasteiger partial charge on any atom is 0.0433 e. The van der Waals surface area contributed by atoms with E-state index in [-0.39, 0.29) is 0 Å². The first-order valence-corrected chi connectivity index (χ1v) is 15.6. The van der Waals surface area contributed by atoms with Crippen molar-refractivity contribution in [3.8, 4) is 33.4 Å². The molecule has 1 heteroatoms. The monoisotopic (exact) mass is 562 g/mol. The van der Waals surface area contributed by atoms with E-state index in [1.54, 1.807) is 0 Å². The lowest BCUT2D eigenvalue weighted by Gasteiger charge is -2.18. The predicted octanol–water partition coefficient (Wildman–Crippen LogP) is 12.5. The van der Waals surface area contributed by atoms with E-state index in [9.17, 15) is 0 Å². The summed E-state index contributed by atoms with van der Waals surface area (Å²) in [7, 11) is 0. The van der Waals surface area contributed by atoms with E-state index >= 15 is 0 Å². The smallest absolute Gasteiger partial charge is 0.0433 e. The highest BCUT2D eigenvalue weighted by Crippen LogP contribution is 2.45. The minimum Gasteiger partial charge on any atom is -0.135 e. The summed E-state index contributed by atoms with van der Waals surface area (Å²) in [6.07, 6.45) is 0. The van der Waals surface area contributed by atoms with Crippen molar-refractivity contribution < 1.29 is 0 Å². The second-order valence-corrected chi connectivity index (χ2v) is 12.3. The molecule has 0 unspecified atom stereocenters. The molecule has 0 aliphatic carbocycles. The summed E-state index contributed by atoms with van der Waals surface area (Å²) in [4.78, 5) is 0. The topological polar surface area (TPSA) is 0 Å². The first-order chi connectivity index (χ1) is 21.3. The van der Waals surface area contributed by atoms with Crippen LogP contribution in [0.15, 0.2) is 158 Å². The van der Waals surface area contributed by atoms with Gasteiger partial charge in [-0.05, 0) is 83.9 Å². The fourth-order valence-corrected chi connectivity index (χ4v) is 8.18. The van der Waals surface area contributed by atoms with Crippen molar-refractivity contribution in [2.75, 3.05) is 0 Å². The zero-order chi connectivity index (χ0) is 28.3. The zero-order valence-electron chi connectivity index (χ0n) is 23.4. The van der Waals surface area contributed by atoms with E-state index in [2.05, 4.69) is 158 Å². The van der Waals surface area contributed by atoms with Crippen LogP contribution in [0, 0.1) is 0 Å². The van der Waals surface area contributed by atoms with Gasteiger partial charge in [0.1, 0.15) is 0 Å². The number of thiophene rings is 1. The molecule has 9 rings (SSSR count). The molecule has 0 fully saturated rings. The Hall–Kier alpha value is -5.24. The van der Waals surface area contributed by atoms with Crippen LogP contribution in [0.3, 0.4) is 0 Å². The van der Waals surface area contributed by atoms with Gasteiger partial charge >= 0.3 is 0 Å². The van der Waals surface area contributed by atoms with Gasteiger partial charge in [-0.2, -0.15) is 0 Å². The summed E-state index contributed by atoms with van der Waals surface area (Å²) in [6, 6.07) is 57.9. The molecule has 200 valence electrons. The van der Waals surface area contributed by atoms with Crippen molar-refractivity contribution in [2.24, 2.45) is 0 Å². The highest BCUT2D eigenvalue weighted by atomic mass is 32.1. The minimum absolute atomic E-state index is 1.24. The number of fused-ring (bicyclic) bond motifs is 6. The van der Waals surface area contributed by atoms with Crippen LogP contribution in [0.5, 0.6) is 0 Å². The maximum atomic E-state index is 2.39. The van der Waals surface area contributed by atoms with Gasteiger partial charge in [0.15, 0.2) is 0 Å². The van der Waals surface area contributed by atoms with Crippen LogP contribution in [0.1, 0.15) is 0 Å². The third kappa shape index (κ3) is 3.82. The molecule has 0 spiro atoms. The molecule has 0 saturated carbocycles. The van der Waals surface area contributed by atoms with Crippen molar-refractivity contribution >= 4 is 63.8 Å². The molecule has 1 heterocycles.